The number of ether oxygens (including phenoxy) is 1. The first-order valence-electron chi connectivity index (χ1n) is 10.1. The lowest BCUT2D eigenvalue weighted by Crippen LogP contribution is -2.54. The van der Waals surface area contributed by atoms with Gasteiger partial charge in [-0.25, -0.2) is 9.69 Å². The second-order valence-electron chi connectivity index (χ2n) is 7.29. The molecule has 0 bridgehead atoms. The molecule has 1 aliphatic rings. The lowest BCUT2D eigenvalue weighted by molar-refractivity contribution is -0.384. The Morgan fingerprint density at radius 1 is 1.00 bits per heavy atom. The fourth-order valence-electron chi connectivity index (χ4n) is 3.31. The van der Waals surface area contributed by atoms with E-state index >= 15 is 0 Å². The van der Waals surface area contributed by atoms with E-state index in [0.29, 0.717) is 26.3 Å². The molecule has 0 unspecified atom stereocenters. The van der Waals surface area contributed by atoms with Crippen molar-refractivity contribution in [1.82, 2.24) is 5.32 Å². The van der Waals surface area contributed by atoms with Crippen molar-refractivity contribution >= 4 is 58.5 Å². The van der Waals surface area contributed by atoms with E-state index in [0.717, 1.165) is 17.7 Å². The van der Waals surface area contributed by atoms with Crippen molar-refractivity contribution in [2.45, 2.75) is 6.61 Å². The van der Waals surface area contributed by atoms with Crippen LogP contribution in [0.2, 0.25) is 10.0 Å². The molecule has 0 radical (unpaired) electrons. The summed E-state index contributed by atoms with van der Waals surface area (Å²) in [6, 6.07) is 15.6. The average molecular weight is 512 g/mol. The molecule has 3 aromatic carbocycles. The molecule has 11 heteroatoms. The van der Waals surface area contributed by atoms with E-state index in [1.165, 1.54) is 24.3 Å². The van der Waals surface area contributed by atoms with Gasteiger partial charge in [-0.1, -0.05) is 41.4 Å². The highest BCUT2D eigenvalue weighted by Crippen LogP contribution is 2.29. The van der Waals surface area contributed by atoms with Gasteiger partial charge in [-0.15, -0.1) is 0 Å². The maximum atomic E-state index is 13.1. The van der Waals surface area contributed by atoms with E-state index in [1.807, 2.05) is 6.07 Å². The van der Waals surface area contributed by atoms with Crippen molar-refractivity contribution in [3.05, 3.63) is 104 Å². The third-order valence-electron chi connectivity index (χ3n) is 5.03. The van der Waals surface area contributed by atoms with Gasteiger partial charge < -0.3 is 4.74 Å². The Bertz CT molecular complexity index is 1390. The molecular weight excluding hydrogens is 497 g/mol. The Labute approximate surface area is 208 Å². The van der Waals surface area contributed by atoms with E-state index < -0.39 is 22.8 Å². The van der Waals surface area contributed by atoms with Crippen LogP contribution in [0, 0.1) is 10.1 Å². The molecule has 35 heavy (non-hydrogen) atoms. The van der Waals surface area contributed by atoms with E-state index in [9.17, 15) is 24.5 Å². The monoisotopic (exact) mass is 511 g/mol. The molecule has 4 rings (SSSR count). The molecule has 4 amide bonds. The maximum absolute atomic E-state index is 13.1. The van der Waals surface area contributed by atoms with E-state index in [-0.39, 0.29) is 23.6 Å². The largest absolute Gasteiger partial charge is 0.488 e. The average Bonchev–Trinajstić information content (AvgIpc) is 2.82. The van der Waals surface area contributed by atoms with Gasteiger partial charge in [0.25, 0.3) is 17.5 Å². The van der Waals surface area contributed by atoms with Crippen LogP contribution in [-0.4, -0.2) is 22.8 Å². The smallest absolute Gasteiger partial charge is 0.335 e. The first-order valence-corrected chi connectivity index (χ1v) is 10.8. The van der Waals surface area contributed by atoms with Gasteiger partial charge in [-0.05, 0) is 42.5 Å². The second-order valence-corrected chi connectivity index (χ2v) is 8.14. The minimum Gasteiger partial charge on any atom is -0.488 e. The fraction of sp³-hybridized carbons (Fsp3) is 0.0417. The number of benzene rings is 3. The van der Waals surface area contributed by atoms with Gasteiger partial charge in [0.1, 0.15) is 17.9 Å². The van der Waals surface area contributed by atoms with E-state index in [1.54, 1.807) is 30.3 Å². The highest BCUT2D eigenvalue weighted by atomic mass is 35.5. The first-order chi connectivity index (χ1) is 16.7. The zero-order valence-corrected chi connectivity index (χ0v) is 19.2. The fourth-order valence-corrected chi connectivity index (χ4v) is 3.68. The molecule has 1 heterocycles. The number of anilines is 1. The summed E-state index contributed by atoms with van der Waals surface area (Å²) in [5.74, 6) is -1.50. The molecular formula is C24H15Cl2N3O6. The van der Waals surface area contributed by atoms with Crippen LogP contribution in [0.3, 0.4) is 0 Å². The Morgan fingerprint density at radius 3 is 2.40 bits per heavy atom. The second kappa shape index (κ2) is 9.96. The van der Waals surface area contributed by atoms with Crippen molar-refractivity contribution < 1.29 is 24.0 Å². The zero-order chi connectivity index (χ0) is 25.1. The molecule has 1 saturated heterocycles. The summed E-state index contributed by atoms with van der Waals surface area (Å²) in [4.78, 5) is 49.1. The molecule has 176 valence electrons. The number of imide groups is 2. The zero-order valence-electron chi connectivity index (χ0n) is 17.7. The molecule has 0 saturated carbocycles. The molecule has 9 nitrogen and oxygen atoms in total. The van der Waals surface area contributed by atoms with Gasteiger partial charge in [0, 0.05) is 33.3 Å². The third kappa shape index (κ3) is 5.16. The van der Waals surface area contributed by atoms with Crippen molar-refractivity contribution in [2.75, 3.05) is 4.90 Å². The molecule has 1 fully saturated rings. The number of rotatable bonds is 6. The van der Waals surface area contributed by atoms with Crippen LogP contribution in [0.4, 0.5) is 16.2 Å². The number of carbonyl (C=O) groups is 3. The van der Waals surface area contributed by atoms with Crippen LogP contribution in [0.15, 0.2) is 72.3 Å². The van der Waals surface area contributed by atoms with Crippen molar-refractivity contribution in [1.29, 1.82) is 0 Å². The number of nitrogens with zero attached hydrogens (tertiary/aromatic N) is 2. The van der Waals surface area contributed by atoms with Crippen molar-refractivity contribution in [3.8, 4) is 5.75 Å². The molecule has 0 aromatic heterocycles. The lowest BCUT2D eigenvalue weighted by Gasteiger charge is -2.26. The summed E-state index contributed by atoms with van der Waals surface area (Å²) in [7, 11) is 0. The number of nitro groups is 1. The third-order valence-corrected chi connectivity index (χ3v) is 5.64. The van der Waals surface area contributed by atoms with Crippen molar-refractivity contribution in [2.24, 2.45) is 0 Å². The Morgan fingerprint density at radius 2 is 1.71 bits per heavy atom. The van der Waals surface area contributed by atoms with Crippen LogP contribution in [0.5, 0.6) is 5.75 Å². The van der Waals surface area contributed by atoms with Crippen LogP contribution >= 0.6 is 23.2 Å². The quantitative estimate of drug-likeness (QED) is 0.211. The lowest BCUT2D eigenvalue weighted by atomic mass is 10.1. The van der Waals surface area contributed by atoms with Crippen molar-refractivity contribution in [3.63, 3.8) is 0 Å². The number of nitrogens with one attached hydrogen (secondary N) is 1. The number of carbonyl (C=O) groups excluding carboxylic acids is 3. The molecule has 0 spiro atoms. The standard InChI is InChI=1S/C24H15Cl2N3O6/c25-16-5-10-21(35-13-14-3-1-2-4-20(14)26)15(11-16)12-19-22(30)27-24(32)28(23(19)31)17-6-8-18(9-7-17)29(33)34/h1-12H,13H2,(H,27,30,32)/b19-12+. The summed E-state index contributed by atoms with van der Waals surface area (Å²) < 4.78 is 5.86. The summed E-state index contributed by atoms with van der Waals surface area (Å²) in [5, 5.41) is 13.8. The SMILES string of the molecule is O=C1NC(=O)N(c2ccc([N+](=O)[O-])cc2)C(=O)/C1=C/c1cc(Cl)ccc1OCc1ccccc1Cl. The van der Waals surface area contributed by atoms with Gasteiger partial charge in [0.15, 0.2) is 0 Å². The van der Waals surface area contributed by atoms with Gasteiger partial charge in [0.2, 0.25) is 0 Å². The number of halogens is 2. The van der Waals surface area contributed by atoms with Crippen LogP contribution in [0.25, 0.3) is 6.08 Å². The summed E-state index contributed by atoms with van der Waals surface area (Å²) in [5.41, 5.74) is 0.528. The minimum atomic E-state index is -0.979. The number of non-ortho nitro benzene ring substituents is 1. The highest BCUT2D eigenvalue weighted by molar-refractivity contribution is 6.39. The van der Waals surface area contributed by atoms with Crippen LogP contribution < -0.4 is 15.0 Å². The number of barbiturate groups is 1. The topological polar surface area (TPSA) is 119 Å². The number of amides is 4. The number of hydrogen-bond donors (Lipinski definition) is 1. The normalized spacial score (nSPS) is 14.7. The van der Waals surface area contributed by atoms with Gasteiger partial charge in [0.05, 0.1) is 10.6 Å². The molecule has 1 aliphatic heterocycles. The number of hydrogen-bond acceptors (Lipinski definition) is 6. The van der Waals surface area contributed by atoms with Gasteiger partial charge in [-0.2, -0.15) is 0 Å². The molecule has 0 aliphatic carbocycles. The predicted molar refractivity (Wildman–Crippen MR) is 129 cm³/mol. The van der Waals surface area contributed by atoms with Crippen LogP contribution in [-0.2, 0) is 16.2 Å². The highest BCUT2D eigenvalue weighted by Gasteiger charge is 2.37. The maximum Gasteiger partial charge on any atom is 0.335 e. The summed E-state index contributed by atoms with van der Waals surface area (Å²) in [6.07, 6.45) is 1.26. The van der Waals surface area contributed by atoms with Gasteiger partial charge in [-0.3, -0.25) is 25.0 Å². The van der Waals surface area contributed by atoms with E-state index in [2.05, 4.69) is 5.32 Å². The van der Waals surface area contributed by atoms with E-state index in [4.69, 9.17) is 27.9 Å². The Balaban J connectivity index is 1.67. The minimum absolute atomic E-state index is 0.0535. The Kier molecular flexibility index (Phi) is 6.81. The van der Waals surface area contributed by atoms with Gasteiger partial charge >= 0.3 is 6.03 Å². The summed E-state index contributed by atoms with van der Waals surface area (Å²) >= 11 is 12.3. The number of nitro benzene ring substituents is 1. The molecule has 0 atom stereocenters. The molecule has 1 N–H and O–H groups in total. The number of urea groups is 1. The molecule has 3 aromatic rings. The Hall–Kier alpha value is -4.21. The predicted octanol–water partition coefficient (Wildman–Crippen LogP) is 5.15. The summed E-state index contributed by atoms with van der Waals surface area (Å²) in [6.45, 7) is 0.116. The van der Waals surface area contributed by atoms with Crippen LogP contribution in [0.1, 0.15) is 11.1 Å². The first kappa shape index (κ1) is 23.9.